The van der Waals surface area contributed by atoms with E-state index >= 15 is 0 Å². The minimum Gasteiger partial charge on any atom is -0.482 e. The van der Waals surface area contributed by atoms with Crippen molar-refractivity contribution in [2.45, 2.75) is 16.8 Å². The summed E-state index contributed by atoms with van der Waals surface area (Å²) >= 11 is 13.2. The summed E-state index contributed by atoms with van der Waals surface area (Å²) in [6, 6.07) is 12.7. The van der Waals surface area contributed by atoms with Gasteiger partial charge in [0.05, 0.1) is 5.02 Å². The molecule has 3 aromatic rings. The van der Waals surface area contributed by atoms with E-state index < -0.39 is 5.91 Å². The molecule has 0 atom stereocenters. The second-order valence-corrected chi connectivity index (χ2v) is 7.80. The highest BCUT2D eigenvalue weighted by Crippen LogP contribution is 2.32. The number of benzene rings is 2. The molecule has 150 valence electrons. The number of hydrazine groups is 1. The van der Waals surface area contributed by atoms with Crippen LogP contribution in [0.3, 0.4) is 0 Å². The molecule has 29 heavy (non-hydrogen) atoms. The van der Waals surface area contributed by atoms with Crippen molar-refractivity contribution in [2.75, 3.05) is 17.8 Å². The van der Waals surface area contributed by atoms with E-state index in [9.17, 15) is 4.79 Å². The molecule has 0 bridgehead atoms. The number of halogens is 2. The lowest BCUT2D eigenvalue weighted by Gasteiger charge is -2.12. The lowest BCUT2D eigenvalue weighted by Crippen LogP contribution is -2.34. The Hall–Kier alpha value is -2.68. The van der Waals surface area contributed by atoms with Crippen molar-refractivity contribution in [3.05, 3.63) is 64.4 Å². The zero-order chi connectivity index (χ0) is 20.8. The molecule has 7 nitrogen and oxygen atoms in total. The number of rotatable bonds is 7. The van der Waals surface area contributed by atoms with Crippen LogP contribution in [0.2, 0.25) is 10.0 Å². The van der Waals surface area contributed by atoms with Gasteiger partial charge in [-0.25, -0.2) is 9.97 Å². The Morgan fingerprint density at radius 3 is 2.66 bits per heavy atom. The van der Waals surface area contributed by atoms with Crippen LogP contribution in [0, 0.1) is 6.92 Å². The highest BCUT2D eigenvalue weighted by molar-refractivity contribution is 7.99. The van der Waals surface area contributed by atoms with E-state index in [1.807, 2.05) is 31.2 Å². The number of hydrogen-bond donors (Lipinski definition) is 3. The number of nitrogens with zero attached hydrogens (tertiary/aromatic N) is 2. The van der Waals surface area contributed by atoms with Gasteiger partial charge in [0, 0.05) is 9.92 Å². The van der Waals surface area contributed by atoms with Gasteiger partial charge < -0.3 is 10.5 Å². The van der Waals surface area contributed by atoms with E-state index in [4.69, 9.17) is 33.7 Å². The first kappa shape index (κ1) is 21.0. The fourth-order valence-corrected chi connectivity index (χ4v) is 3.44. The van der Waals surface area contributed by atoms with Crippen LogP contribution in [-0.2, 0) is 4.79 Å². The number of nitrogens with one attached hydrogen (secondary N) is 2. The van der Waals surface area contributed by atoms with Gasteiger partial charge in [0.1, 0.15) is 22.8 Å². The first-order valence-electron chi connectivity index (χ1n) is 8.40. The highest BCUT2D eigenvalue weighted by atomic mass is 35.5. The summed E-state index contributed by atoms with van der Waals surface area (Å²) in [6.45, 7) is 1.76. The van der Waals surface area contributed by atoms with Gasteiger partial charge in [0.15, 0.2) is 12.4 Å². The van der Waals surface area contributed by atoms with Crippen molar-refractivity contribution in [3.63, 3.8) is 0 Å². The molecule has 1 heterocycles. The van der Waals surface area contributed by atoms with Crippen molar-refractivity contribution >= 4 is 52.4 Å². The molecule has 3 rings (SSSR count). The summed E-state index contributed by atoms with van der Waals surface area (Å²) in [5.74, 6) is 0.193. The summed E-state index contributed by atoms with van der Waals surface area (Å²) in [4.78, 5) is 21.3. The molecule has 0 aliphatic heterocycles. The standard InChI is InChI=1S/C19H17Cl2N5O2S/c1-11-2-5-13(6-3-11)29-19-17(22)18(23-10-24-19)26-25-16(27)9-28-15-7-4-12(20)8-14(15)21/h2-8,10H,9,22H2,1H3,(H,25,27)(H,23,24,26). The van der Waals surface area contributed by atoms with E-state index in [-0.39, 0.29) is 12.4 Å². The third-order valence-corrected chi connectivity index (χ3v) is 5.21. The summed E-state index contributed by atoms with van der Waals surface area (Å²) in [5, 5.41) is 1.37. The molecular formula is C19H17Cl2N5O2S. The molecule has 0 radical (unpaired) electrons. The van der Waals surface area contributed by atoms with Crippen LogP contribution in [0.1, 0.15) is 5.56 Å². The Morgan fingerprint density at radius 1 is 1.17 bits per heavy atom. The number of anilines is 2. The zero-order valence-corrected chi connectivity index (χ0v) is 17.6. The van der Waals surface area contributed by atoms with Gasteiger partial charge in [0.25, 0.3) is 5.91 Å². The zero-order valence-electron chi connectivity index (χ0n) is 15.3. The van der Waals surface area contributed by atoms with Crippen LogP contribution in [-0.4, -0.2) is 22.5 Å². The number of hydrogen-bond acceptors (Lipinski definition) is 7. The van der Waals surface area contributed by atoms with Crippen LogP contribution in [0.4, 0.5) is 11.5 Å². The predicted octanol–water partition coefficient (Wildman–Crippen LogP) is 4.35. The molecule has 0 spiro atoms. The first-order valence-corrected chi connectivity index (χ1v) is 9.97. The van der Waals surface area contributed by atoms with Crippen LogP contribution in [0.15, 0.2) is 58.7 Å². The van der Waals surface area contributed by atoms with Crippen molar-refractivity contribution < 1.29 is 9.53 Å². The monoisotopic (exact) mass is 449 g/mol. The maximum absolute atomic E-state index is 12.0. The Kier molecular flexibility index (Phi) is 7.03. The van der Waals surface area contributed by atoms with E-state index in [2.05, 4.69) is 20.8 Å². The Morgan fingerprint density at radius 2 is 1.93 bits per heavy atom. The van der Waals surface area contributed by atoms with Gasteiger partial charge in [-0.2, -0.15) is 0 Å². The number of carbonyl (C=O) groups excluding carboxylic acids is 1. The minimum atomic E-state index is -0.443. The largest absolute Gasteiger partial charge is 0.482 e. The molecule has 1 amide bonds. The van der Waals surface area contributed by atoms with Crippen LogP contribution in [0.25, 0.3) is 0 Å². The number of nitrogens with two attached hydrogens (primary N) is 1. The number of ether oxygens (including phenoxy) is 1. The van der Waals surface area contributed by atoms with Crippen molar-refractivity contribution in [2.24, 2.45) is 0 Å². The van der Waals surface area contributed by atoms with Crippen LogP contribution < -0.4 is 21.3 Å². The van der Waals surface area contributed by atoms with E-state index in [1.54, 1.807) is 12.1 Å². The van der Waals surface area contributed by atoms with E-state index in [0.717, 1.165) is 10.5 Å². The molecule has 0 aliphatic rings. The van der Waals surface area contributed by atoms with Gasteiger partial charge >= 0.3 is 0 Å². The van der Waals surface area contributed by atoms with Gasteiger partial charge in [-0.05, 0) is 37.3 Å². The molecule has 1 aromatic heterocycles. The third-order valence-electron chi connectivity index (χ3n) is 3.66. The molecule has 0 saturated heterocycles. The molecule has 4 N–H and O–H groups in total. The lowest BCUT2D eigenvalue weighted by molar-refractivity contribution is -0.122. The number of amides is 1. The van der Waals surface area contributed by atoms with E-state index in [1.165, 1.54) is 24.2 Å². The molecule has 0 fully saturated rings. The van der Waals surface area contributed by atoms with Crippen molar-refractivity contribution in [1.29, 1.82) is 0 Å². The quantitative estimate of drug-likeness (QED) is 0.363. The molecular weight excluding hydrogens is 433 g/mol. The number of aromatic nitrogens is 2. The smallest absolute Gasteiger partial charge is 0.276 e. The number of aryl methyl sites for hydroxylation is 1. The molecule has 0 aliphatic carbocycles. The highest BCUT2D eigenvalue weighted by Gasteiger charge is 2.11. The summed E-state index contributed by atoms with van der Waals surface area (Å²) in [7, 11) is 0. The van der Waals surface area contributed by atoms with Crippen molar-refractivity contribution in [3.8, 4) is 5.75 Å². The SMILES string of the molecule is Cc1ccc(Sc2ncnc(NNC(=O)COc3ccc(Cl)cc3Cl)c2N)cc1. The summed E-state index contributed by atoms with van der Waals surface area (Å²) in [5.41, 5.74) is 12.8. The summed E-state index contributed by atoms with van der Waals surface area (Å²) < 4.78 is 5.37. The van der Waals surface area contributed by atoms with Crippen LogP contribution >= 0.6 is 35.0 Å². The maximum Gasteiger partial charge on any atom is 0.276 e. The van der Waals surface area contributed by atoms with Gasteiger partial charge in [-0.15, -0.1) is 0 Å². The van der Waals surface area contributed by atoms with Gasteiger partial charge in [-0.1, -0.05) is 52.7 Å². The number of carbonyl (C=O) groups is 1. The van der Waals surface area contributed by atoms with Gasteiger partial charge in [0.2, 0.25) is 0 Å². The van der Waals surface area contributed by atoms with E-state index in [0.29, 0.717) is 26.5 Å². The van der Waals surface area contributed by atoms with Crippen LogP contribution in [0.5, 0.6) is 5.75 Å². The summed E-state index contributed by atoms with van der Waals surface area (Å²) in [6.07, 6.45) is 1.37. The second-order valence-electron chi connectivity index (χ2n) is 5.89. The molecule has 0 saturated carbocycles. The average molecular weight is 450 g/mol. The molecule has 0 unspecified atom stereocenters. The third kappa shape index (κ3) is 5.90. The Bertz CT molecular complexity index is 1020. The lowest BCUT2D eigenvalue weighted by atomic mass is 10.2. The fourth-order valence-electron chi connectivity index (χ4n) is 2.18. The average Bonchev–Trinajstić information content (AvgIpc) is 2.69. The Balaban J connectivity index is 1.57. The molecule has 2 aromatic carbocycles. The first-order chi connectivity index (χ1) is 13.9. The fraction of sp³-hybridized carbons (Fsp3) is 0.105. The predicted molar refractivity (Wildman–Crippen MR) is 115 cm³/mol. The topological polar surface area (TPSA) is 102 Å². The number of nitrogen functional groups attached to an aromatic ring is 1. The Labute approximate surface area is 181 Å². The van der Waals surface area contributed by atoms with Gasteiger partial charge in [-0.3, -0.25) is 15.6 Å². The normalized spacial score (nSPS) is 10.4. The molecule has 10 heteroatoms. The minimum absolute atomic E-state index is 0.260. The maximum atomic E-state index is 12.0. The van der Waals surface area contributed by atoms with Crippen molar-refractivity contribution in [1.82, 2.24) is 15.4 Å². The second kappa shape index (κ2) is 9.69.